The summed E-state index contributed by atoms with van der Waals surface area (Å²) in [4.78, 5) is 24.1. The summed E-state index contributed by atoms with van der Waals surface area (Å²) in [5.74, 6) is -1.65. The third kappa shape index (κ3) is 2.81. The van der Waals surface area contributed by atoms with Gasteiger partial charge < -0.3 is 10.0 Å². The van der Waals surface area contributed by atoms with Crippen LogP contribution in [0.3, 0.4) is 0 Å². The number of carboxylic acid groups (broad SMARTS) is 1. The van der Waals surface area contributed by atoms with Crippen LogP contribution in [0.1, 0.15) is 19.8 Å². The van der Waals surface area contributed by atoms with Crippen molar-refractivity contribution in [3.63, 3.8) is 0 Å². The van der Waals surface area contributed by atoms with E-state index in [0.717, 1.165) is 6.42 Å². The first kappa shape index (κ1) is 11.8. The molecule has 2 unspecified atom stereocenters. The normalized spacial score (nSPS) is 23.3. The van der Waals surface area contributed by atoms with Crippen LogP contribution >= 0.6 is 0 Å². The summed E-state index contributed by atoms with van der Waals surface area (Å²) in [5, 5.41) is 8.72. The predicted molar refractivity (Wildman–Crippen MR) is 56.3 cm³/mol. The van der Waals surface area contributed by atoms with E-state index in [1.54, 1.807) is 11.0 Å². The van der Waals surface area contributed by atoms with E-state index in [2.05, 4.69) is 6.58 Å². The molecule has 0 bridgehead atoms. The maximum absolute atomic E-state index is 11.8. The largest absolute Gasteiger partial charge is 0.481 e. The average Bonchev–Trinajstić information content (AvgIpc) is 2.96. The van der Waals surface area contributed by atoms with Gasteiger partial charge in [-0.05, 0) is 12.8 Å². The third-order valence-electron chi connectivity index (χ3n) is 2.58. The molecule has 1 saturated carbocycles. The summed E-state index contributed by atoms with van der Waals surface area (Å²) in [6, 6.07) is 0. The molecule has 0 saturated heterocycles. The van der Waals surface area contributed by atoms with Gasteiger partial charge in [0.1, 0.15) is 0 Å². The molecule has 1 aliphatic rings. The van der Waals surface area contributed by atoms with Gasteiger partial charge in [0.05, 0.1) is 11.8 Å². The quantitative estimate of drug-likeness (QED) is 0.670. The van der Waals surface area contributed by atoms with Gasteiger partial charge in [-0.15, -0.1) is 6.58 Å². The molecule has 1 rings (SSSR count). The molecule has 2 atom stereocenters. The zero-order chi connectivity index (χ0) is 11.4. The number of carbonyl (C=O) groups is 2. The number of rotatable bonds is 6. The molecule has 1 amide bonds. The van der Waals surface area contributed by atoms with Crippen molar-refractivity contribution in [2.75, 3.05) is 13.1 Å². The lowest BCUT2D eigenvalue weighted by Gasteiger charge is -2.20. The van der Waals surface area contributed by atoms with E-state index in [1.807, 2.05) is 6.92 Å². The average molecular weight is 211 g/mol. The van der Waals surface area contributed by atoms with Crippen molar-refractivity contribution in [3.8, 4) is 0 Å². The van der Waals surface area contributed by atoms with Crippen molar-refractivity contribution in [3.05, 3.63) is 12.7 Å². The smallest absolute Gasteiger partial charge is 0.307 e. The number of carboxylic acids is 1. The maximum Gasteiger partial charge on any atom is 0.307 e. The Bertz CT molecular complexity index is 275. The molecular formula is C11H17NO3. The first-order chi connectivity index (χ1) is 7.11. The Morgan fingerprint density at radius 1 is 1.53 bits per heavy atom. The Hall–Kier alpha value is -1.32. The number of hydrogen-bond donors (Lipinski definition) is 1. The molecule has 1 N–H and O–H groups in total. The summed E-state index contributed by atoms with van der Waals surface area (Å²) >= 11 is 0. The SMILES string of the molecule is C=CCN(CCC)C(=O)C1CC1C(=O)O. The zero-order valence-electron chi connectivity index (χ0n) is 8.98. The minimum atomic E-state index is -0.858. The fourth-order valence-corrected chi connectivity index (χ4v) is 1.69. The Kier molecular flexibility index (Phi) is 3.88. The third-order valence-corrected chi connectivity index (χ3v) is 2.58. The number of carbonyl (C=O) groups excluding carboxylic acids is 1. The van der Waals surface area contributed by atoms with Crippen molar-refractivity contribution in [2.45, 2.75) is 19.8 Å². The van der Waals surface area contributed by atoms with E-state index in [0.29, 0.717) is 19.5 Å². The van der Waals surface area contributed by atoms with Crippen LogP contribution in [0.4, 0.5) is 0 Å². The van der Waals surface area contributed by atoms with Crippen molar-refractivity contribution >= 4 is 11.9 Å². The van der Waals surface area contributed by atoms with E-state index < -0.39 is 11.9 Å². The van der Waals surface area contributed by atoms with Crippen LogP contribution in [0.2, 0.25) is 0 Å². The van der Waals surface area contributed by atoms with Crippen LogP contribution in [0, 0.1) is 11.8 Å². The number of aliphatic carboxylic acids is 1. The lowest BCUT2D eigenvalue weighted by atomic mass is 10.2. The van der Waals surface area contributed by atoms with Gasteiger partial charge in [0.25, 0.3) is 0 Å². The molecule has 0 aromatic heterocycles. The van der Waals surface area contributed by atoms with Gasteiger partial charge in [0.15, 0.2) is 0 Å². The molecule has 0 aromatic carbocycles. The molecule has 0 aromatic rings. The highest BCUT2D eigenvalue weighted by molar-refractivity contribution is 5.89. The molecule has 4 heteroatoms. The lowest BCUT2D eigenvalue weighted by molar-refractivity contribution is -0.141. The van der Waals surface area contributed by atoms with Gasteiger partial charge in [0.2, 0.25) is 5.91 Å². The lowest BCUT2D eigenvalue weighted by Crippen LogP contribution is -2.33. The Labute approximate surface area is 89.6 Å². The standard InChI is InChI=1S/C11H17NO3/c1-3-5-12(6-4-2)10(13)8-7-9(8)11(14)15/h3,8-9H,1,4-7H2,2H3,(H,14,15). The minimum Gasteiger partial charge on any atom is -0.481 e. The van der Waals surface area contributed by atoms with Crippen LogP contribution < -0.4 is 0 Å². The van der Waals surface area contributed by atoms with Gasteiger partial charge in [-0.1, -0.05) is 13.0 Å². The van der Waals surface area contributed by atoms with Crippen LogP contribution in [-0.4, -0.2) is 35.0 Å². The van der Waals surface area contributed by atoms with E-state index in [9.17, 15) is 9.59 Å². The molecule has 0 radical (unpaired) electrons. The number of hydrogen-bond acceptors (Lipinski definition) is 2. The first-order valence-corrected chi connectivity index (χ1v) is 5.24. The minimum absolute atomic E-state index is 0.0378. The molecule has 84 valence electrons. The first-order valence-electron chi connectivity index (χ1n) is 5.24. The van der Waals surface area contributed by atoms with Gasteiger partial charge in [-0.3, -0.25) is 9.59 Å². The maximum atomic E-state index is 11.8. The highest BCUT2D eigenvalue weighted by atomic mass is 16.4. The molecule has 1 fully saturated rings. The molecule has 4 nitrogen and oxygen atoms in total. The second-order valence-electron chi connectivity index (χ2n) is 3.86. The highest BCUT2D eigenvalue weighted by Crippen LogP contribution is 2.40. The Morgan fingerprint density at radius 3 is 2.60 bits per heavy atom. The summed E-state index contributed by atoms with van der Waals surface area (Å²) in [6.45, 7) is 6.76. The number of amides is 1. The molecule has 15 heavy (non-hydrogen) atoms. The highest BCUT2D eigenvalue weighted by Gasteiger charge is 2.49. The zero-order valence-corrected chi connectivity index (χ0v) is 8.98. The van der Waals surface area contributed by atoms with Crippen LogP contribution in [0.15, 0.2) is 12.7 Å². The van der Waals surface area contributed by atoms with Gasteiger partial charge in [-0.2, -0.15) is 0 Å². The predicted octanol–water partition coefficient (Wildman–Crippen LogP) is 1.13. The van der Waals surface area contributed by atoms with Crippen LogP contribution in [0.5, 0.6) is 0 Å². The van der Waals surface area contributed by atoms with Gasteiger partial charge in [0, 0.05) is 13.1 Å². The molecule has 1 aliphatic carbocycles. The van der Waals surface area contributed by atoms with Gasteiger partial charge in [-0.25, -0.2) is 0 Å². The summed E-state index contributed by atoms with van der Waals surface area (Å²) in [5.41, 5.74) is 0. The van der Waals surface area contributed by atoms with Crippen molar-refractivity contribution in [1.29, 1.82) is 0 Å². The molecule has 0 aliphatic heterocycles. The summed E-state index contributed by atoms with van der Waals surface area (Å²) < 4.78 is 0. The molecular weight excluding hydrogens is 194 g/mol. The van der Waals surface area contributed by atoms with E-state index in [1.165, 1.54) is 0 Å². The van der Waals surface area contributed by atoms with E-state index >= 15 is 0 Å². The van der Waals surface area contributed by atoms with Crippen LogP contribution in [-0.2, 0) is 9.59 Å². The Morgan fingerprint density at radius 2 is 2.20 bits per heavy atom. The Balaban J connectivity index is 2.50. The molecule has 0 heterocycles. The second kappa shape index (κ2) is 4.96. The van der Waals surface area contributed by atoms with E-state index in [-0.39, 0.29) is 11.8 Å². The van der Waals surface area contributed by atoms with Crippen molar-refractivity contribution < 1.29 is 14.7 Å². The second-order valence-corrected chi connectivity index (χ2v) is 3.86. The fourth-order valence-electron chi connectivity index (χ4n) is 1.69. The fraction of sp³-hybridized carbons (Fsp3) is 0.636. The van der Waals surface area contributed by atoms with Gasteiger partial charge >= 0.3 is 5.97 Å². The summed E-state index contributed by atoms with van der Waals surface area (Å²) in [7, 11) is 0. The topological polar surface area (TPSA) is 57.6 Å². The monoisotopic (exact) mass is 211 g/mol. The molecule has 0 spiro atoms. The van der Waals surface area contributed by atoms with Crippen LogP contribution in [0.25, 0.3) is 0 Å². The van der Waals surface area contributed by atoms with Crippen molar-refractivity contribution in [2.24, 2.45) is 11.8 Å². The van der Waals surface area contributed by atoms with Crippen molar-refractivity contribution in [1.82, 2.24) is 4.90 Å². The summed E-state index contributed by atoms with van der Waals surface area (Å²) in [6.07, 6.45) is 3.04. The number of nitrogens with zero attached hydrogens (tertiary/aromatic N) is 1. The van der Waals surface area contributed by atoms with E-state index in [4.69, 9.17) is 5.11 Å².